The Morgan fingerprint density at radius 3 is 2.88 bits per heavy atom. The van der Waals surface area contributed by atoms with Crippen LogP contribution in [0.2, 0.25) is 0 Å². The van der Waals surface area contributed by atoms with Crippen molar-refractivity contribution in [2.75, 3.05) is 11.9 Å². The van der Waals surface area contributed by atoms with E-state index in [1.165, 1.54) is 0 Å². The van der Waals surface area contributed by atoms with Crippen molar-refractivity contribution in [2.24, 2.45) is 0 Å². The summed E-state index contributed by atoms with van der Waals surface area (Å²) >= 11 is 0. The highest BCUT2D eigenvalue weighted by Crippen LogP contribution is 2.24. The molecule has 0 atom stereocenters. The molecule has 1 aromatic rings. The first-order valence-corrected chi connectivity index (χ1v) is 5.71. The van der Waals surface area contributed by atoms with Gasteiger partial charge in [-0.2, -0.15) is 0 Å². The fourth-order valence-electron chi connectivity index (χ4n) is 2.11. The lowest BCUT2D eigenvalue weighted by Crippen LogP contribution is -2.08. The number of rotatable bonds is 0. The molecular formula is C13H16FNO. The van der Waals surface area contributed by atoms with Crippen molar-refractivity contribution in [2.45, 2.75) is 32.6 Å². The largest absolute Gasteiger partial charge is 0.384 e. The summed E-state index contributed by atoms with van der Waals surface area (Å²) in [4.78, 5) is 11.4. The Bertz CT molecular complexity index is 415. The fraction of sp³-hybridized carbons (Fsp3) is 0.462. The minimum Gasteiger partial charge on any atom is -0.384 e. The van der Waals surface area contributed by atoms with Gasteiger partial charge in [0.05, 0.1) is 0 Å². The predicted octanol–water partition coefficient (Wildman–Crippen LogP) is 2.84. The zero-order valence-corrected chi connectivity index (χ0v) is 9.48. The molecule has 0 unspecified atom stereocenters. The van der Waals surface area contributed by atoms with Crippen LogP contribution in [0.25, 0.3) is 0 Å². The summed E-state index contributed by atoms with van der Waals surface area (Å²) in [5.41, 5.74) is 2.49. The first-order chi connectivity index (χ1) is 7.66. The topological polar surface area (TPSA) is 29.1 Å². The highest BCUT2D eigenvalue weighted by atomic mass is 19.1. The fourth-order valence-corrected chi connectivity index (χ4v) is 2.11. The van der Waals surface area contributed by atoms with Crippen LogP contribution in [0, 0.1) is 12.7 Å². The number of halogens is 1. The molecule has 0 bridgehead atoms. The molecule has 0 radical (unpaired) electrons. The van der Waals surface area contributed by atoms with Gasteiger partial charge in [-0.25, -0.2) is 4.39 Å². The molecule has 0 amide bonds. The van der Waals surface area contributed by atoms with Crippen molar-refractivity contribution in [1.29, 1.82) is 0 Å². The van der Waals surface area contributed by atoms with Gasteiger partial charge in [0.25, 0.3) is 0 Å². The van der Waals surface area contributed by atoms with Crippen LogP contribution in [-0.4, -0.2) is 12.3 Å². The Labute approximate surface area is 94.9 Å². The summed E-state index contributed by atoms with van der Waals surface area (Å²) in [6.07, 6.45) is 2.48. The lowest BCUT2D eigenvalue weighted by Gasteiger charge is -2.12. The van der Waals surface area contributed by atoms with Crippen molar-refractivity contribution in [1.82, 2.24) is 0 Å². The second-order valence-electron chi connectivity index (χ2n) is 4.34. The summed E-state index contributed by atoms with van der Waals surface area (Å²) in [6.45, 7) is 2.48. The number of ketones is 1. The normalized spacial score (nSPS) is 16.8. The molecule has 16 heavy (non-hydrogen) atoms. The molecule has 86 valence electrons. The number of anilines is 1. The number of aryl methyl sites for hydroxylation is 1. The van der Waals surface area contributed by atoms with Crippen LogP contribution in [-0.2, 0) is 11.2 Å². The maximum absolute atomic E-state index is 13.8. The van der Waals surface area contributed by atoms with E-state index in [0.29, 0.717) is 25.8 Å². The molecule has 1 aliphatic heterocycles. The lowest BCUT2D eigenvalue weighted by molar-refractivity contribution is -0.118. The zero-order chi connectivity index (χ0) is 11.5. The van der Waals surface area contributed by atoms with E-state index in [1.807, 2.05) is 13.0 Å². The van der Waals surface area contributed by atoms with Gasteiger partial charge < -0.3 is 5.32 Å². The molecule has 0 spiro atoms. The van der Waals surface area contributed by atoms with Crippen LogP contribution in [0.4, 0.5) is 10.1 Å². The van der Waals surface area contributed by atoms with Crippen molar-refractivity contribution in [3.05, 3.63) is 29.1 Å². The number of carbonyl (C=O) groups excluding carboxylic acids is 1. The smallest absolute Gasteiger partial charge is 0.134 e. The molecule has 1 aromatic carbocycles. The molecule has 0 aliphatic carbocycles. The van der Waals surface area contributed by atoms with Crippen molar-refractivity contribution < 1.29 is 9.18 Å². The molecule has 2 nitrogen and oxygen atoms in total. The van der Waals surface area contributed by atoms with E-state index in [0.717, 1.165) is 23.2 Å². The molecule has 0 saturated heterocycles. The van der Waals surface area contributed by atoms with Crippen LogP contribution in [0.1, 0.15) is 30.4 Å². The van der Waals surface area contributed by atoms with Gasteiger partial charge in [-0.05, 0) is 37.5 Å². The first kappa shape index (κ1) is 11.1. The average molecular weight is 221 g/mol. The van der Waals surface area contributed by atoms with E-state index in [-0.39, 0.29) is 11.6 Å². The van der Waals surface area contributed by atoms with E-state index in [9.17, 15) is 9.18 Å². The summed E-state index contributed by atoms with van der Waals surface area (Å²) in [5, 5.41) is 3.16. The van der Waals surface area contributed by atoms with Gasteiger partial charge in [0.15, 0.2) is 0 Å². The van der Waals surface area contributed by atoms with Gasteiger partial charge in [-0.15, -0.1) is 0 Å². The predicted molar refractivity (Wildman–Crippen MR) is 62.2 cm³/mol. The second kappa shape index (κ2) is 4.64. The van der Waals surface area contributed by atoms with E-state index in [2.05, 4.69) is 5.32 Å². The van der Waals surface area contributed by atoms with Gasteiger partial charge in [0.1, 0.15) is 11.6 Å². The number of fused-ring (bicyclic) bond motifs is 1. The van der Waals surface area contributed by atoms with Gasteiger partial charge >= 0.3 is 0 Å². The molecule has 0 fully saturated rings. The van der Waals surface area contributed by atoms with Crippen LogP contribution in [0.3, 0.4) is 0 Å². The lowest BCUT2D eigenvalue weighted by atomic mass is 10.0. The van der Waals surface area contributed by atoms with Crippen LogP contribution >= 0.6 is 0 Å². The third kappa shape index (κ3) is 2.40. The Morgan fingerprint density at radius 1 is 1.25 bits per heavy atom. The van der Waals surface area contributed by atoms with Gasteiger partial charge in [-0.1, -0.05) is 0 Å². The number of hydrogen-bond acceptors (Lipinski definition) is 2. The minimum absolute atomic E-state index is 0.156. The van der Waals surface area contributed by atoms with E-state index in [4.69, 9.17) is 0 Å². The molecule has 0 saturated carbocycles. The van der Waals surface area contributed by atoms with Gasteiger partial charge in [-0.3, -0.25) is 4.79 Å². The molecular weight excluding hydrogens is 205 g/mol. The monoisotopic (exact) mass is 221 g/mol. The molecule has 1 aliphatic rings. The maximum atomic E-state index is 13.8. The van der Waals surface area contributed by atoms with Crippen LogP contribution < -0.4 is 5.32 Å². The number of benzene rings is 1. The van der Waals surface area contributed by atoms with Gasteiger partial charge in [0, 0.05) is 30.6 Å². The number of Topliss-reactive ketones (excluding diaryl/α,β-unsaturated/α-hetero) is 1. The summed E-state index contributed by atoms with van der Waals surface area (Å²) in [7, 11) is 0. The molecule has 1 N–H and O–H groups in total. The van der Waals surface area contributed by atoms with Crippen molar-refractivity contribution >= 4 is 11.5 Å². The summed E-state index contributed by atoms with van der Waals surface area (Å²) in [6, 6.07) is 3.51. The number of hydrogen-bond donors (Lipinski definition) is 1. The van der Waals surface area contributed by atoms with Crippen molar-refractivity contribution in [3.63, 3.8) is 0 Å². The number of nitrogens with one attached hydrogen (secondary N) is 1. The second-order valence-corrected chi connectivity index (χ2v) is 4.34. The third-order valence-electron chi connectivity index (χ3n) is 2.94. The Balaban J connectivity index is 2.31. The molecule has 1 heterocycles. The summed E-state index contributed by atoms with van der Waals surface area (Å²) in [5.74, 6) is 0.106. The highest BCUT2D eigenvalue weighted by Gasteiger charge is 2.13. The number of carbonyl (C=O) groups is 1. The molecule has 2 rings (SSSR count). The molecule has 3 heteroatoms. The van der Waals surface area contributed by atoms with E-state index < -0.39 is 0 Å². The average Bonchev–Trinajstić information content (AvgIpc) is 2.28. The Hall–Kier alpha value is -1.38. The third-order valence-corrected chi connectivity index (χ3v) is 2.94. The summed E-state index contributed by atoms with van der Waals surface area (Å²) < 4.78 is 13.8. The van der Waals surface area contributed by atoms with Crippen molar-refractivity contribution in [3.8, 4) is 0 Å². The van der Waals surface area contributed by atoms with E-state index in [1.54, 1.807) is 6.07 Å². The Kier molecular flexibility index (Phi) is 3.22. The van der Waals surface area contributed by atoms with Crippen LogP contribution in [0.5, 0.6) is 0 Å². The van der Waals surface area contributed by atoms with Gasteiger partial charge in [0.2, 0.25) is 0 Å². The highest BCUT2D eigenvalue weighted by molar-refractivity contribution is 5.79. The quantitative estimate of drug-likeness (QED) is 0.730. The Morgan fingerprint density at radius 2 is 2.06 bits per heavy atom. The first-order valence-electron chi connectivity index (χ1n) is 5.71. The molecule has 0 aromatic heterocycles. The zero-order valence-electron chi connectivity index (χ0n) is 9.48. The maximum Gasteiger partial charge on any atom is 0.134 e. The standard InChI is InChI=1S/C13H16FNO/c1-9-7-12(14)11-4-2-3-10(16)5-6-15-13(11)8-9/h7-8,15H,2-6H2,1H3. The van der Waals surface area contributed by atoms with E-state index >= 15 is 0 Å². The minimum atomic E-state index is -0.156. The SMILES string of the molecule is Cc1cc(F)c2c(c1)NCCC(=O)CCC2. The van der Waals surface area contributed by atoms with Crippen LogP contribution in [0.15, 0.2) is 12.1 Å².